The van der Waals surface area contributed by atoms with Gasteiger partial charge in [0.25, 0.3) is 0 Å². The molecule has 1 atom stereocenters. The molecule has 1 aliphatic heterocycles. The number of amides is 2. The van der Waals surface area contributed by atoms with Crippen molar-refractivity contribution in [3.8, 4) is 0 Å². The molecule has 1 fully saturated rings. The third kappa shape index (κ3) is 4.12. The smallest absolute Gasteiger partial charge is 0.326 e. The number of carbonyl (C=O) groups excluding carboxylic acids is 1. The molecule has 0 aromatic heterocycles. The zero-order valence-corrected chi connectivity index (χ0v) is 13.1. The number of likely N-dealkylation sites (tertiary alicyclic amines) is 1. The van der Waals surface area contributed by atoms with Crippen LogP contribution in [0.1, 0.15) is 53.4 Å². The molecule has 5 nitrogen and oxygen atoms in total. The first kappa shape index (κ1) is 16.8. The van der Waals surface area contributed by atoms with Gasteiger partial charge in [0.05, 0.1) is 0 Å². The molecule has 0 spiro atoms. The summed E-state index contributed by atoms with van der Waals surface area (Å²) in [4.78, 5) is 25.2. The molecule has 20 heavy (non-hydrogen) atoms. The first-order valence-corrected chi connectivity index (χ1v) is 7.61. The van der Waals surface area contributed by atoms with E-state index in [0.29, 0.717) is 6.42 Å². The van der Waals surface area contributed by atoms with E-state index in [0.717, 1.165) is 32.4 Å². The average molecular weight is 284 g/mol. The fourth-order valence-electron chi connectivity index (χ4n) is 2.87. The van der Waals surface area contributed by atoms with Crippen molar-refractivity contribution in [1.82, 2.24) is 10.2 Å². The lowest BCUT2D eigenvalue weighted by molar-refractivity contribution is -0.139. The first-order valence-electron chi connectivity index (χ1n) is 7.61. The summed E-state index contributed by atoms with van der Waals surface area (Å²) in [5.41, 5.74) is 0.216. The third-order valence-corrected chi connectivity index (χ3v) is 4.53. The van der Waals surface area contributed by atoms with Crippen molar-refractivity contribution in [2.24, 2.45) is 11.3 Å². The summed E-state index contributed by atoms with van der Waals surface area (Å²) in [5, 5.41) is 11.8. The van der Waals surface area contributed by atoms with Gasteiger partial charge >= 0.3 is 12.0 Å². The van der Waals surface area contributed by atoms with E-state index < -0.39 is 12.0 Å². The van der Waals surface area contributed by atoms with E-state index in [4.69, 9.17) is 0 Å². The first-order chi connectivity index (χ1) is 9.33. The fourth-order valence-corrected chi connectivity index (χ4v) is 2.87. The normalized spacial score (nSPS) is 19.1. The maximum absolute atomic E-state index is 12.2. The van der Waals surface area contributed by atoms with Crippen LogP contribution in [0, 0.1) is 11.3 Å². The summed E-state index contributed by atoms with van der Waals surface area (Å²) in [7, 11) is 0. The number of hydrogen-bond acceptors (Lipinski definition) is 2. The van der Waals surface area contributed by atoms with Crippen LogP contribution in [-0.2, 0) is 4.79 Å². The van der Waals surface area contributed by atoms with Gasteiger partial charge in [0.2, 0.25) is 0 Å². The third-order valence-electron chi connectivity index (χ3n) is 4.53. The zero-order chi connectivity index (χ0) is 15.3. The predicted octanol–water partition coefficient (Wildman–Crippen LogP) is 2.71. The second-order valence-electron chi connectivity index (χ2n) is 6.35. The Morgan fingerprint density at radius 3 is 2.30 bits per heavy atom. The molecular formula is C15H28N2O3. The molecule has 0 aliphatic carbocycles. The Labute approximate surface area is 121 Å². The van der Waals surface area contributed by atoms with Gasteiger partial charge in [0, 0.05) is 13.1 Å². The van der Waals surface area contributed by atoms with Crippen LogP contribution < -0.4 is 5.32 Å². The van der Waals surface area contributed by atoms with E-state index >= 15 is 0 Å². The van der Waals surface area contributed by atoms with Gasteiger partial charge in [0.15, 0.2) is 0 Å². The zero-order valence-electron chi connectivity index (χ0n) is 13.1. The van der Waals surface area contributed by atoms with Crippen molar-refractivity contribution in [1.29, 1.82) is 0 Å². The largest absolute Gasteiger partial charge is 0.480 e. The Hall–Kier alpha value is -1.26. The molecule has 116 valence electrons. The van der Waals surface area contributed by atoms with Gasteiger partial charge in [-0.25, -0.2) is 9.59 Å². The molecule has 5 heteroatoms. The van der Waals surface area contributed by atoms with Crippen LogP contribution >= 0.6 is 0 Å². The van der Waals surface area contributed by atoms with E-state index in [1.165, 1.54) is 0 Å². The van der Waals surface area contributed by atoms with Crippen LogP contribution in [0.2, 0.25) is 0 Å². The van der Waals surface area contributed by atoms with Crippen molar-refractivity contribution >= 4 is 12.0 Å². The minimum absolute atomic E-state index is 0.216. The lowest BCUT2D eigenvalue weighted by Crippen LogP contribution is -2.48. The molecule has 2 N–H and O–H groups in total. The Morgan fingerprint density at radius 1 is 1.30 bits per heavy atom. The molecular weight excluding hydrogens is 256 g/mol. The predicted molar refractivity (Wildman–Crippen MR) is 78.6 cm³/mol. The number of carbonyl (C=O) groups is 2. The Balaban J connectivity index is 2.60. The van der Waals surface area contributed by atoms with Gasteiger partial charge in [-0.15, -0.1) is 0 Å². The summed E-state index contributed by atoms with van der Waals surface area (Å²) in [6.07, 6.45) is 3.58. The van der Waals surface area contributed by atoms with Gasteiger partial charge in [-0.05, 0) is 37.0 Å². The average Bonchev–Trinajstić information content (AvgIpc) is 2.82. The van der Waals surface area contributed by atoms with Crippen molar-refractivity contribution in [2.45, 2.75) is 59.4 Å². The SMILES string of the molecule is CCC1(CC)CCN(C(=O)N[C@H](CC(C)C)C(=O)O)C1. The number of carboxylic acid groups (broad SMARTS) is 1. The number of hydrogen-bond donors (Lipinski definition) is 2. The highest BCUT2D eigenvalue weighted by Crippen LogP contribution is 2.36. The maximum Gasteiger partial charge on any atom is 0.326 e. The molecule has 0 unspecified atom stereocenters. The van der Waals surface area contributed by atoms with Crippen LogP contribution in [-0.4, -0.2) is 41.1 Å². The lowest BCUT2D eigenvalue weighted by atomic mass is 9.82. The minimum Gasteiger partial charge on any atom is -0.480 e. The van der Waals surface area contributed by atoms with E-state index in [9.17, 15) is 14.7 Å². The summed E-state index contributed by atoms with van der Waals surface area (Å²) >= 11 is 0. The van der Waals surface area contributed by atoms with Gasteiger partial charge in [-0.1, -0.05) is 27.7 Å². The molecule has 2 amide bonds. The van der Waals surface area contributed by atoms with Gasteiger partial charge < -0.3 is 15.3 Å². The van der Waals surface area contributed by atoms with Gasteiger partial charge in [0.1, 0.15) is 6.04 Å². The van der Waals surface area contributed by atoms with Crippen molar-refractivity contribution < 1.29 is 14.7 Å². The summed E-state index contributed by atoms with van der Waals surface area (Å²) < 4.78 is 0. The molecule has 0 saturated carbocycles. The van der Waals surface area contributed by atoms with E-state index in [1.54, 1.807) is 4.90 Å². The van der Waals surface area contributed by atoms with Crippen molar-refractivity contribution in [2.75, 3.05) is 13.1 Å². The topological polar surface area (TPSA) is 69.6 Å². The lowest BCUT2D eigenvalue weighted by Gasteiger charge is -2.27. The monoisotopic (exact) mass is 284 g/mol. The van der Waals surface area contributed by atoms with Crippen molar-refractivity contribution in [3.63, 3.8) is 0 Å². The van der Waals surface area contributed by atoms with E-state index in [2.05, 4.69) is 19.2 Å². The molecule has 1 aliphatic rings. The molecule has 1 saturated heterocycles. The maximum atomic E-state index is 12.2. The molecule has 1 rings (SSSR count). The number of aliphatic carboxylic acids is 1. The van der Waals surface area contributed by atoms with Crippen LogP contribution in [0.4, 0.5) is 4.79 Å². The molecule has 0 aromatic carbocycles. The number of carboxylic acids is 1. The summed E-state index contributed by atoms with van der Waals surface area (Å²) in [5.74, 6) is -0.719. The number of urea groups is 1. The second-order valence-corrected chi connectivity index (χ2v) is 6.35. The van der Waals surface area contributed by atoms with Crippen LogP contribution in [0.15, 0.2) is 0 Å². The van der Waals surface area contributed by atoms with Gasteiger partial charge in [-0.2, -0.15) is 0 Å². The molecule has 0 radical (unpaired) electrons. The highest BCUT2D eigenvalue weighted by Gasteiger charge is 2.37. The Kier molecular flexibility index (Phi) is 5.84. The van der Waals surface area contributed by atoms with E-state index in [-0.39, 0.29) is 17.4 Å². The fraction of sp³-hybridized carbons (Fsp3) is 0.867. The Morgan fingerprint density at radius 2 is 1.90 bits per heavy atom. The van der Waals surface area contributed by atoms with Gasteiger partial charge in [-0.3, -0.25) is 0 Å². The number of nitrogens with one attached hydrogen (secondary N) is 1. The molecule has 0 bridgehead atoms. The summed E-state index contributed by atoms with van der Waals surface area (Å²) in [6.45, 7) is 9.68. The minimum atomic E-state index is -0.955. The van der Waals surface area contributed by atoms with Crippen LogP contribution in [0.25, 0.3) is 0 Å². The standard InChI is InChI=1S/C15H28N2O3/c1-5-15(6-2)7-8-17(10-15)14(20)16-12(13(18)19)9-11(3)4/h11-12H,5-10H2,1-4H3,(H,16,20)(H,18,19)/t12-/m1/s1. The van der Waals surface area contributed by atoms with Crippen molar-refractivity contribution in [3.05, 3.63) is 0 Å². The molecule has 1 heterocycles. The highest BCUT2D eigenvalue weighted by molar-refractivity contribution is 5.82. The van der Waals surface area contributed by atoms with Crippen LogP contribution in [0.5, 0.6) is 0 Å². The quantitative estimate of drug-likeness (QED) is 0.788. The second kappa shape index (κ2) is 6.95. The van der Waals surface area contributed by atoms with Crippen LogP contribution in [0.3, 0.4) is 0 Å². The number of rotatable bonds is 6. The Bertz CT molecular complexity index is 351. The number of nitrogens with zero attached hydrogens (tertiary/aromatic N) is 1. The van der Waals surface area contributed by atoms with E-state index in [1.807, 2.05) is 13.8 Å². The summed E-state index contributed by atoms with van der Waals surface area (Å²) in [6, 6.07) is -1.03. The molecule has 0 aromatic rings. The highest BCUT2D eigenvalue weighted by atomic mass is 16.4.